The van der Waals surface area contributed by atoms with Crippen LogP contribution < -0.4 is 5.32 Å². The lowest BCUT2D eigenvalue weighted by Crippen LogP contribution is -2.18. The first kappa shape index (κ1) is 14.0. The largest absolute Gasteiger partial charge is 0.309 e. The van der Waals surface area contributed by atoms with Crippen LogP contribution in [0, 0.1) is 5.82 Å². The van der Waals surface area contributed by atoms with Crippen LogP contribution in [0.3, 0.4) is 0 Å². The lowest BCUT2D eigenvalue weighted by molar-refractivity contribution is 0.608. The summed E-state index contributed by atoms with van der Waals surface area (Å²) < 4.78 is 13.3. The maximum absolute atomic E-state index is 13.3. The molecule has 2 aromatic rings. The van der Waals surface area contributed by atoms with Gasteiger partial charge in [-0.05, 0) is 42.1 Å². The highest BCUT2D eigenvalue weighted by Crippen LogP contribution is 2.24. The third kappa shape index (κ3) is 3.55. The van der Waals surface area contributed by atoms with Gasteiger partial charge >= 0.3 is 0 Å². The van der Waals surface area contributed by atoms with E-state index in [1.807, 2.05) is 18.8 Å². The summed E-state index contributed by atoms with van der Waals surface area (Å²) >= 11 is 1.81. The van der Waals surface area contributed by atoms with Gasteiger partial charge in [-0.3, -0.25) is 4.98 Å². The van der Waals surface area contributed by atoms with E-state index in [9.17, 15) is 4.39 Å². The molecular formula is C15H17FN2S. The molecule has 0 saturated carbocycles. The van der Waals surface area contributed by atoms with Crippen molar-refractivity contribution < 1.29 is 4.39 Å². The Hall–Kier alpha value is -1.39. The minimum Gasteiger partial charge on any atom is -0.309 e. The molecule has 0 amide bonds. The summed E-state index contributed by atoms with van der Waals surface area (Å²) in [7, 11) is 1.87. The van der Waals surface area contributed by atoms with E-state index in [0.717, 1.165) is 16.9 Å². The first-order valence-corrected chi connectivity index (χ1v) is 7.23. The Morgan fingerprint density at radius 3 is 2.53 bits per heavy atom. The van der Waals surface area contributed by atoms with Crippen molar-refractivity contribution in [3.63, 3.8) is 0 Å². The number of thioether (sulfide) groups is 1. The minimum absolute atomic E-state index is 0.0381. The van der Waals surface area contributed by atoms with E-state index in [1.54, 1.807) is 6.20 Å². The van der Waals surface area contributed by atoms with Crippen LogP contribution in [0.25, 0.3) is 0 Å². The second-order valence-electron chi connectivity index (χ2n) is 4.16. The van der Waals surface area contributed by atoms with E-state index in [0.29, 0.717) is 0 Å². The van der Waals surface area contributed by atoms with Crippen molar-refractivity contribution in [1.82, 2.24) is 10.3 Å². The predicted molar refractivity (Wildman–Crippen MR) is 77.9 cm³/mol. The van der Waals surface area contributed by atoms with Gasteiger partial charge in [-0.25, -0.2) is 4.39 Å². The molecule has 1 N–H and O–H groups in total. The molecule has 0 aliphatic rings. The molecule has 2 rings (SSSR count). The maximum Gasteiger partial charge on any atom is 0.141 e. The van der Waals surface area contributed by atoms with Gasteiger partial charge < -0.3 is 5.32 Å². The number of aromatic nitrogens is 1. The fourth-order valence-corrected chi connectivity index (χ4v) is 2.70. The monoisotopic (exact) mass is 276 g/mol. The summed E-state index contributed by atoms with van der Waals surface area (Å²) in [5.41, 5.74) is 1.94. The number of hydrogen-bond donors (Lipinski definition) is 1. The van der Waals surface area contributed by atoms with E-state index in [-0.39, 0.29) is 11.9 Å². The molecule has 1 heterocycles. The van der Waals surface area contributed by atoms with Crippen LogP contribution >= 0.6 is 11.8 Å². The standard InChI is InChI=1S/C15H17FN2S/c1-3-19-14-6-4-11(5-7-14)15(17-2)12-8-13(16)10-18-9-12/h4-10,15,17H,3H2,1-2H3. The van der Waals surface area contributed by atoms with Crippen LogP contribution in [0.1, 0.15) is 24.1 Å². The third-order valence-corrected chi connectivity index (χ3v) is 3.77. The van der Waals surface area contributed by atoms with Gasteiger partial charge in [0, 0.05) is 11.1 Å². The molecule has 1 atom stereocenters. The number of rotatable bonds is 5. The molecule has 0 fully saturated rings. The normalized spacial score (nSPS) is 12.4. The van der Waals surface area contributed by atoms with E-state index < -0.39 is 0 Å². The second-order valence-corrected chi connectivity index (χ2v) is 5.50. The third-order valence-electron chi connectivity index (χ3n) is 2.87. The second kappa shape index (κ2) is 6.68. The van der Waals surface area contributed by atoms with Crippen LogP contribution in [-0.4, -0.2) is 17.8 Å². The van der Waals surface area contributed by atoms with Crippen molar-refractivity contribution >= 4 is 11.8 Å². The SMILES string of the molecule is CCSc1ccc(C(NC)c2cncc(F)c2)cc1. The zero-order chi connectivity index (χ0) is 13.7. The van der Waals surface area contributed by atoms with Gasteiger partial charge in [0.15, 0.2) is 0 Å². The van der Waals surface area contributed by atoms with Gasteiger partial charge in [0.2, 0.25) is 0 Å². The molecule has 0 saturated heterocycles. The maximum atomic E-state index is 13.3. The summed E-state index contributed by atoms with van der Waals surface area (Å²) in [6.45, 7) is 2.13. The molecule has 0 aliphatic heterocycles. The molecule has 4 heteroatoms. The molecule has 2 nitrogen and oxygen atoms in total. The fraction of sp³-hybridized carbons (Fsp3) is 0.267. The van der Waals surface area contributed by atoms with Crippen molar-refractivity contribution in [2.24, 2.45) is 0 Å². The van der Waals surface area contributed by atoms with Crippen LogP contribution in [0.5, 0.6) is 0 Å². The summed E-state index contributed by atoms with van der Waals surface area (Å²) in [5, 5.41) is 3.20. The van der Waals surface area contributed by atoms with Crippen LogP contribution in [-0.2, 0) is 0 Å². The molecule has 1 aromatic heterocycles. The lowest BCUT2D eigenvalue weighted by atomic mass is 10.0. The van der Waals surface area contributed by atoms with Gasteiger partial charge in [-0.15, -0.1) is 11.8 Å². The summed E-state index contributed by atoms with van der Waals surface area (Å²) in [5.74, 6) is 0.749. The Labute approximate surface area is 117 Å². The first-order chi connectivity index (χ1) is 9.24. The lowest BCUT2D eigenvalue weighted by Gasteiger charge is -2.17. The van der Waals surface area contributed by atoms with Gasteiger partial charge in [-0.1, -0.05) is 19.1 Å². The number of benzene rings is 1. The molecule has 0 radical (unpaired) electrons. The fourth-order valence-electron chi connectivity index (χ4n) is 2.04. The quantitative estimate of drug-likeness (QED) is 0.844. The first-order valence-electron chi connectivity index (χ1n) is 6.25. The van der Waals surface area contributed by atoms with Crippen LogP contribution in [0.15, 0.2) is 47.6 Å². The molecule has 1 unspecified atom stereocenters. The molecule has 0 bridgehead atoms. The molecular weight excluding hydrogens is 259 g/mol. The van der Waals surface area contributed by atoms with Gasteiger partial charge in [0.1, 0.15) is 5.82 Å². The Balaban J connectivity index is 2.26. The highest BCUT2D eigenvalue weighted by molar-refractivity contribution is 7.99. The number of nitrogens with zero attached hydrogens (tertiary/aromatic N) is 1. The Morgan fingerprint density at radius 2 is 1.95 bits per heavy atom. The summed E-state index contributed by atoms with van der Waals surface area (Å²) in [4.78, 5) is 5.16. The van der Waals surface area contributed by atoms with Crippen molar-refractivity contribution in [3.05, 3.63) is 59.7 Å². The number of nitrogens with one attached hydrogen (secondary N) is 1. The van der Waals surface area contributed by atoms with Crippen molar-refractivity contribution in [3.8, 4) is 0 Å². The Kier molecular flexibility index (Phi) is 4.93. The number of pyridine rings is 1. The highest BCUT2D eigenvalue weighted by atomic mass is 32.2. The highest BCUT2D eigenvalue weighted by Gasteiger charge is 2.12. The van der Waals surface area contributed by atoms with E-state index in [1.165, 1.54) is 17.2 Å². The molecule has 0 aliphatic carbocycles. The van der Waals surface area contributed by atoms with Crippen LogP contribution in [0.2, 0.25) is 0 Å². The summed E-state index contributed by atoms with van der Waals surface area (Å²) in [6, 6.07) is 9.82. The summed E-state index contributed by atoms with van der Waals surface area (Å²) in [6.07, 6.45) is 2.91. The average Bonchev–Trinajstić information content (AvgIpc) is 2.42. The van der Waals surface area contributed by atoms with Gasteiger partial charge in [-0.2, -0.15) is 0 Å². The Morgan fingerprint density at radius 1 is 1.21 bits per heavy atom. The average molecular weight is 276 g/mol. The topological polar surface area (TPSA) is 24.9 Å². The van der Waals surface area contributed by atoms with Gasteiger partial charge in [0.05, 0.1) is 12.2 Å². The van der Waals surface area contributed by atoms with Crippen LogP contribution in [0.4, 0.5) is 4.39 Å². The number of hydrogen-bond acceptors (Lipinski definition) is 3. The van der Waals surface area contributed by atoms with E-state index in [2.05, 4.69) is 41.5 Å². The predicted octanol–water partition coefficient (Wildman–Crippen LogP) is 3.64. The molecule has 0 spiro atoms. The zero-order valence-corrected chi connectivity index (χ0v) is 11.9. The zero-order valence-electron chi connectivity index (χ0n) is 11.1. The van der Waals surface area contributed by atoms with Crippen molar-refractivity contribution in [2.45, 2.75) is 17.9 Å². The molecule has 100 valence electrons. The smallest absolute Gasteiger partial charge is 0.141 e. The Bertz CT molecular complexity index is 528. The van der Waals surface area contributed by atoms with E-state index >= 15 is 0 Å². The molecule has 1 aromatic carbocycles. The van der Waals surface area contributed by atoms with Crippen molar-refractivity contribution in [1.29, 1.82) is 0 Å². The molecule has 19 heavy (non-hydrogen) atoms. The van der Waals surface area contributed by atoms with Crippen molar-refractivity contribution in [2.75, 3.05) is 12.8 Å². The van der Waals surface area contributed by atoms with Gasteiger partial charge in [0.25, 0.3) is 0 Å². The number of halogens is 1. The minimum atomic E-state index is -0.309. The van der Waals surface area contributed by atoms with E-state index in [4.69, 9.17) is 0 Å².